The van der Waals surface area contributed by atoms with E-state index in [1.54, 1.807) is 0 Å². The Morgan fingerprint density at radius 2 is 2.00 bits per heavy atom. The molecule has 1 aliphatic carbocycles. The normalized spacial score (nSPS) is 23.9. The second kappa shape index (κ2) is 3.62. The predicted octanol–water partition coefficient (Wildman–Crippen LogP) is 3.61. The molecule has 0 aromatic rings. The van der Waals surface area contributed by atoms with Gasteiger partial charge in [-0.05, 0) is 24.2 Å². The van der Waals surface area contributed by atoms with Crippen LogP contribution in [-0.4, -0.2) is 5.88 Å². The molecule has 0 N–H and O–H groups in total. The van der Waals surface area contributed by atoms with Gasteiger partial charge in [-0.3, -0.25) is 0 Å². The number of rotatable bonds is 3. The summed E-state index contributed by atoms with van der Waals surface area (Å²) in [5.74, 6) is 1.57. The lowest BCUT2D eigenvalue weighted by Gasteiger charge is -2.32. The fourth-order valence-electron chi connectivity index (χ4n) is 1.80. The van der Waals surface area contributed by atoms with E-state index >= 15 is 0 Å². The van der Waals surface area contributed by atoms with E-state index in [1.807, 2.05) is 0 Å². The molecule has 1 rings (SSSR count). The van der Waals surface area contributed by atoms with E-state index < -0.39 is 0 Å². The lowest BCUT2D eigenvalue weighted by atomic mass is 9.75. The van der Waals surface area contributed by atoms with Crippen LogP contribution in [0, 0.1) is 11.3 Å². The van der Waals surface area contributed by atoms with Gasteiger partial charge in [-0.2, -0.15) is 0 Å². The second-order valence-corrected chi connectivity index (χ2v) is 3.95. The van der Waals surface area contributed by atoms with Crippen LogP contribution in [0.15, 0.2) is 12.2 Å². The SMILES string of the molecule is CCC(C)C1(CCl)CC=CC1. The van der Waals surface area contributed by atoms with Crippen molar-refractivity contribution in [3.05, 3.63) is 12.2 Å². The number of halogens is 1. The van der Waals surface area contributed by atoms with Crippen molar-refractivity contribution in [2.45, 2.75) is 33.1 Å². The minimum Gasteiger partial charge on any atom is -0.126 e. The van der Waals surface area contributed by atoms with E-state index in [9.17, 15) is 0 Å². The molecule has 1 heteroatoms. The molecule has 0 saturated carbocycles. The molecule has 0 radical (unpaired) electrons. The van der Waals surface area contributed by atoms with Gasteiger partial charge in [0.05, 0.1) is 0 Å². The number of allylic oxidation sites excluding steroid dienone is 2. The molecule has 0 bridgehead atoms. The zero-order valence-corrected chi connectivity index (χ0v) is 8.19. The van der Waals surface area contributed by atoms with Crippen LogP contribution in [0.3, 0.4) is 0 Å². The molecule has 1 unspecified atom stereocenters. The molecular formula is C10H17Cl. The Bertz CT molecular complexity index is 141. The van der Waals surface area contributed by atoms with Crippen LogP contribution in [0.2, 0.25) is 0 Å². The van der Waals surface area contributed by atoms with Crippen LogP contribution in [0.25, 0.3) is 0 Å². The Morgan fingerprint density at radius 3 is 2.36 bits per heavy atom. The standard InChI is InChI=1S/C10H17Cl/c1-3-9(2)10(8-11)6-4-5-7-10/h4-5,9H,3,6-8H2,1-2H3. The van der Waals surface area contributed by atoms with Crippen LogP contribution in [0.1, 0.15) is 33.1 Å². The molecule has 64 valence electrons. The van der Waals surface area contributed by atoms with Crippen molar-refractivity contribution < 1.29 is 0 Å². The van der Waals surface area contributed by atoms with E-state index in [0.717, 1.165) is 11.8 Å². The van der Waals surface area contributed by atoms with Crippen molar-refractivity contribution in [1.82, 2.24) is 0 Å². The number of alkyl halides is 1. The maximum absolute atomic E-state index is 6.00. The summed E-state index contributed by atoms with van der Waals surface area (Å²) in [7, 11) is 0. The first kappa shape index (κ1) is 9.12. The molecule has 0 fully saturated rings. The van der Waals surface area contributed by atoms with Crippen LogP contribution >= 0.6 is 11.6 Å². The van der Waals surface area contributed by atoms with Gasteiger partial charge in [0.2, 0.25) is 0 Å². The Hall–Kier alpha value is 0.0300. The smallest absolute Gasteiger partial charge is 0.0288 e. The van der Waals surface area contributed by atoms with Gasteiger partial charge in [-0.1, -0.05) is 32.4 Å². The molecule has 0 aliphatic heterocycles. The van der Waals surface area contributed by atoms with Gasteiger partial charge < -0.3 is 0 Å². The minimum absolute atomic E-state index is 0.399. The van der Waals surface area contributed by atoms with Crippen molar-refractivity contribution in [3.63, 3.8) is 0 Å². The van der Waals surface area contributed by atoms with Gasteiger partial charge >= 0.3 is 0 Å². The van der Waals surface area contributed by atoms with E-state index in [2.05, 4.69) is 26.0 Å². The van der Waals surface area contributed by atoms with Gasteiger partial charge in [-0.15, -0.1) is 11.6 Å². The topological polar surface area (TPSA) is 0 Å². The third-order valence-corrected chi connectivity index (χ3v) is 3.67. The first-order chi connectivity index (χ1) is 5.25. The van der Waals surface area contributed by atoms with Gasteiger partial charge in [0, 0.05) is 5.88 Å². The van der Waals surface area contributed by atoms with E-state index in [1.165, 1.54) is 19.3 Å². The van der Waals surface area contributed by atoms with Crippen molar-refractivity contribution in [2.75, 3.05) is 5.88 Å². The average Bonchev–Trinajstić information content (AvgIpc) is 2.52. The summed E-state index contributed by atoms with van der Waals surface area (Å²) in [4.78, 5) is 0. The Kier molecular flexibility index (Phi) is 3.00. The van der Waals surface area contributed by atoms with Crippen molar-refractivity contribution in [3.8, 4) is 0 Å². The molecule has 0 amide bonds. The number of hydrogen-bond donors (Lipinski definition) is 0. The van der Waals surface area contributed by atoms with E-state index in [4.69, 9.17) is 11.6 Å². The predicted molar refractivity (Wildman–Crippen MR) is 51.0 cm³/mol. The highest BCUT2D eigenvalue weighted by atomic mass is 35.5. The third kappa shape index (κ3) is 1.61. The molecule has 0 nitrogen and oxygen atoms in total. The third-order valence-electron chi connectivity index (χ3n) is 3.14. The monoisotopic (exact) mass is 172 g/mol. The summed E-state index contributed by atoms with van der Waals surface area (Å²) in [6.07, 6.45) is 8.16. The first-order valence-electron chi connectivity index (χ1n) is 4.46. The van der Waals surface area contributed by atoms with Crippen molar-refractivity contribution in [1.29, 1.82) is 0 Å². The molecule has 0 aromatic carbocycles. The van der Waals surface area contributed by atoms with E-state index in [0.29, 0.717) is 5.41 Å². The highest BCUT2D eigenvalue weighted by Crippen LogP contribution is 2.42. The van der Waals surface area contributed by atoms with Gasteiger partial charge in [0.1, 0.15) is 0 Å². The highest BCUT2D eigenvalue weighted by molar-refractivity contribution is 6.18. The fraction of sp³-hybridized carbons (Fsp3) is 0.800. The molecule has 1 atom stereocenters. The van der Waals surface area contributed by atoms with Gasteiger partial charge in [0.25, 0.3) is 0 Å². The van der Waals surface area contributed by atoms with Crippen LogP contribution < -0.4 is 0 Å². The molecule has 0 heterocycles. The van der Waals surface area contributed by atoms with E-state index in [-0.39, 0.29) is 0 Å². The van der Waals surface area contributed by atoms with Gasteiger partial charge in [0.15, 0.2) is 0 Å². The van der Waals surface area contributed by atoms with Crippen LogP contribution in [0.5, 0.6) is 0 Å². The van der Waals surface area contributed by atoms with Crippen molar-refractivity contribution in [2.24, 2.45) is 11.3 Å². The summed E-state index contributed by atoms with van der Waals surface area (Å²) in [6, 6.07) is 0. The number of hydrogen-bond acceptors (Lipinski definition) is 0. The summed E-state index contributed by atoms with van der Waals surface area (Å²) in [5.41, 5.74) is 0.399. The lowest BCUT2D eigenvalue weighted by molar-refractivity contribution is 0.219. The molecule has 0 spiro atoms. The summed E-state index contributed by atoms with van der Waals surface area (Å²) < 4.78 is 0. The maximum Gasteiger partial charge on any atom is 0.0288 e. The molecule has 0 saturated heterocycles. The summed E-state index contributed by atoms with van der Waals surface area (Å²) in [5, 5.41) is 0. The molecule has 11 heavy (non-hydrogen) atoms. The molecular weight excluding hydrogens is 156 g/mol. The largest absolute Gasteiger partial charge is 0.126 e. The Labute approximate surface area is 74.6 Å². The minimum atomic E-state index is 0.399. The Balaban J connectivity index is 2.60. The summed E-state index contributed by atoms with van der Waals surface area (Å²) in [6.45, 7) is 4.56. The van der Waals surface area contributed by atoms with Crippen molar-refractivity contribution >= 4 is 11.6 Å². The fourth-order valence-corrected chi connectivity index (χ4v) is 2.28. The zero-order chi connectivity index (χ0) is 8.32. The Morgan fingerprint density at radius 1 is 1.45 bits per heavy atom. The van der Waals surface area contributed by atoms with Crippen LogP contribution in [0.4, 0.5) is 0 Å². The molecule has 1 aliphatic rings. The first-order valence-corrected chi connectivity index (χ1v) is 4.99. The van der Waals surface area contributed by atoms with Crippen LogP contribution in [-0.2, 0) is 0 Å². The van der Waals surface area contributed by atoms with Gasteiger partial charge in [-0.25, -0.2) is 0 Å². The zero-order valence-electron chi connectivity index (χ0n) is 7.44. The maximum atomic E-state index is 6.00. The second-order valence-electron chi connectivity index (χ2n) is 3.68. The molecule has 0 aromatic heterocycles. The highest BCUT2D eigenvalue weighted by Gasteiger charge is 2.34. The summed E-state index contributed by atoms with van der Waals surface area (Å²) >= 11 is 6.00. The average molecular weight is 173 g/mol. The lowest BCUT2D eigenvalue weighted by Crippen LogP contribution is -2.27. The quantitative estimate of drug-likeness (QED) is 0.451.